The van der Waals surface area contributed by atoms with Crippen molar-refractivity contribution in [3.63, 3.8) is 0 Å². The van der Waals surface area contributed by atoms with E-state index >= 15 is 0 Å². The zero-order valence-electron chi connectivity index (χ0n) is 12.9. The Kier molecular flexibility index (Phi) is 5.60. The molecule has 110 valence electrons. The Balaban J connectivity index is 2.74. The Bertz CT molecular complexity index is 309. The topological polar surface area (TPSA) is 38.3 Å². The zero-order chi connectivity index (χ0) is 14.5. The first-order chi connectivity index (χ1) is 8.85. The molecule has 1 aliphatic rings. The van der Waals surface area contributed by atoms with Crippen molar-refractivity contribution in [3.8, 4) is 0 Å². The van der Waals surface area contributed by atoms with Gasteiger partial charge in [0, 0.05) is 6.54 Å². The largest absolute Gasteiger partial charge is 0.465 e. The molecular weight excluding hydrogens is 238 g/mol. The number of rotatable bonds is 5. The molecule has 1 N–H and O–H groups in total. The maximum atomic E-state index is 12.3. The molecule has 0 saturated heterocycles. The van der Waals surface area contributed by atoms with E-state index in [2.05, 4.69) is 32.7 Å². The van der Waals surface area contributed by atoms with Crippen molar-refractivity contribution >= 4 is 5.97 Å². The molecule has 0 aromatic heterocycles. The third kappa shape index (κ3) is 4.07. The minimum Gasteiger partial charge on any atom is -0.465 e. The van der Waals surface area contributed by atoms with E-state index < -0.39 is 5.54 Å². The first kappa shape index (κ1) is 16.2. The summed E-state index contributed by atoms with van der Waals surface area (Å²) in [4.78, 5) is 12.3. The highest BCUT2D eigenvalue weighted by Gasteiger charge is 2.44. The summed E-state index contributed by atoms with van der Waals surface area (Å²) in [6.45, 7) is 13.5. The molecule has 3 nitrogen and oxygen atoms in total. The fourth-order valence-corrected chi connectivity index (χ4v) is 2.97. The van der Waals surface area contributed by atoms with E-state index in [1.165, 1.54) is 0 Å². The predicted octanol–water partition coefficient (Wildman–Crippen LogP) is 3.30. The van der Waals surface area contributed by atoms with Crippen molar-refractivity contribution in [1.82, 2.24) is 5.32 Å². The average Bonchev–Trinajstić information content (AvgIpc) is 2.36. The molecule has 19 heavy (non-hydrogen) atoms. The van der Waals surface area contributed by atoms with E-state index in [0.29, 0.717) is 24.5 Å². The summed E-state index contributed by atoms with van der Waals surface area (Å²) in [6, 6.07) is 0. The van der Waals surface area contributed by atoms with Gasteiger partial charge in [-0.15, -0.1) is 6.58 Å². The standard InChI is InChI=1S/C16H29NO2/c1-6-12-17-16(14(18)19-7-2)10-8-13(9-11-16)15(3,4)5/h6,13,17H,1,7-12H2,2-5H3. The molecule has 0 aromatic carbocycles. The summed E-state index contributed by atoms with van der Waals surface area (Å²) in [5.74, 6) is 0.588. The molecule has 0 amide bonds. The first-order valence-corrected chi connectivity index (χ1v) is 7.39. The van der Waals surface area contributed by atoms with Gasteiger partial charge in [0.25, 0.3) is 0 Å². The van der Waals surface area contributed by atoms with E-state index in [9.17, 15) is 4.79 Å². The van der Waals surface area contributed by atoms with Crippen LogP contribution in [0.1, 0.15) is 53.4 Å². The Hall–Kier alpha value is -0.830. The number of esters is 1. The van der Waals surface area contributed by atoms with E-state index in [1.807, 2.05) is 6.92 Å². The summed E-state index contributed by atoms with van der Waals surface area (Å²) >= 11 is 0. The molecule has 0 unspecified atom stereocenters. The van der Waals surface area contributed by atoms with E-state index in [1.54, 1.807) is 6.08 Å². The quantitative estimate of drug-likeness (QED) is 0.613. The Morgan fingerprint density at radius 3 is 2.42 bits per heavy atom. The van der Waals surface area contributed by atoms with Crippen LogP contribution in [0.2, 0.25) is 0 Å². The van der Waals surface area contributed by atoms with Gasteiger partial charge < -0.3 is 4.74 Å². The van der Waals surface area contributed by atoms with Crippen molar-refractivity contribution in [2.24, 2.45) is 11.3 Å². The second-order valence-corrected chi connectivity index (χ2v) is 6.61. The molecule has 0 aromatic rings. The van der Waals surface area contributed by atoms with E-state index in [-0.39, 0.29) is 5.97 Å². The molecule has 1 fully saturated rings. The fourth-order valence-electron chi connectivity index (χ4n) is 2.97. The van der Waals surface area contributed by atoms with Gasteiger partial charge in [-0.2, -0.15) is 0 Å². The van der Waals surface area contributed by atoms with Gasteiger partial charge in [0.15, 0.2) is 0 Å². The van der Waals surface area contributed by atoms with Crippen LogP contribution in [0.15, 0.2) is 12.7 Å². The van der Waals surface area contributed by atoms with Crippen LogP contribution in [0.5, 0.6) is 0 Å². The predicted molar refractivity (Wildman–Crippen MR) is 79.0 cm³/mol. The molecule has 0 bridgehead atoms. The molecule has 1 saturated carbocycles. The summed E-state index contributed by atoms with van der Waals surface area (Å²) in [5, 5.41) is 3.35. The third-order valence-corrected chi connectivity index (χ3v) is 4.31. The van der Waals surface area contributed by atoms with Crippen LogP contribution in [-0.2, 0) is 9.53 Å². The van der Waals surface area contributed by atoms with Crippen LogP contribution >= 0.6 is 0 Å². The van der Waals surface area contributed by atoms with Gasteiger partial charge in [-0.25, -0.2) is 0 Å². The van der Waals surface area contributed by atoms with Crippen LogP contribution in [-0.4, -0.2) is 24.7 Å². The van der Waals surface area contributed by atoms with Gasteiger partial charge in [-0.05, 0) is 43.9 Å². The van der Waals surface area contributed by atoms with Gasteiger partial charge in [-0.1, -0.05) is 26.8 Å². The summed E-state index contributed by atoms with van der Waals surface area (Å²) in [5.41, 5.74) is -0.175. The van der Waals surface area contributed by atoms with E-state index in [0.717, 1.165) is 25.7 Å². The second-order valence-electron chi connectivity index (χ2n) is 6.61. The lowest BCUT2D eigenvalue weighted by Gasteiger charge is -2.42. The molecule has 0 spiro atoms. The minimum atomic E-state index is -0.494. The Morgan fingerprint density at radius 2 is 2.00 bits per heavy atom. The summed E-state index contributed by atoms with van der Waals surface area (Å²) in [7, 11) is 0. The number of nitrogens with one attached hydrogen (secondary N) is 1. The number of carbonyl (C=O) groups excluding carboxylic acids is 1. The smallest absolute Gasteiger partial charge is 0.326 e. The van der Waals surface area contributed by atoms with Crippen LogP contribution in [0.25, 0.3) is 0 Å². The number of hydrogen-bond acceptors (Lipinski definition) is 3. The van der Waals surface area contributed by atoms with Gasteiger partial charge in [0.2, 0.25) is 0 Å². The highest BCUT2D eigenvalue weighted by atomic mass is 16.5. The fraction of sp³-hybridized carbons (Fsp3) is 0.812. The molecule has 0 radical (unpaired) electrons. The molecular formula is C16H29NO2. The van der Waals surface area contributed by atoms with Gasteiger partial charge >= 0.3 is 5.97 Å². The number of hydrogen-bond donors (Lipinski definition) is 1. The van der Waals surface area contributed by atoms with Crippen molar-refractivity contribution in [2.45, 2.75) is 58.9 Å². The van der Waals surface area contributed by atoms with Crippen LogP contribution in [0.3, 0.4) is 0 Å². The first-order valence-electron chi connectivity index (χ1n) is 7.39. The maximum Gasteiger partial charge on any atom is 0.326 e. The van der Waals surface area contributed by atoms with Gasteiger partial charge in [-0.3, -0.25) is 10.1 Å². The maximum absolute atomic E-state index is 12.3. The lowest BCUT2D eigenvalue weighted by atomic mass is 9.67. The molecule has 0 heterocycles. The van der Waals surface area contributed by atoms with Gasteiger partial charge in [0.1, 0.15) is 5.54 Å². The number of carbonyl (C=O) groups is 1. The van der Waals surface area contributed by atoms with E-state index in [4.69, 9.17) is 4.74 Å². The summed E-state index contributed by atoms with van der Waals surface area (Å²) < 4.78 is 5.27. The SMILES string of the molecule is C=CCNC1(C(=O)OCC)CCC(C(C)(C)C)CC1. The zero-order valence-corrected chi connectivity index (χ0v) is 12.9. The van der Waals surface area contributed by atoms with Crippen LogP contribution < -0.4 is 5.32 Å². The third-order valence-electron chi connectivity index (χ3n) is 4.31. The van der Waals surface area contributed by atoms with Crippen molar-refractivity contribution in [1.29, 1.82) is 0 Å². The normalized spacial score (nSPS) is 27.9. The highest BCUT2D eigenvalue weighted by molar-refractivity contribution is 5.81. The Labute approximate surface area is 117 Å². The Morgan fingerprint density at radius 1 is 1.42 bits per heavy atom. The van der Waals surface area contributed by atoms with Crippen molar-refractivity contribution in [3.05, 3.63) is 12.7 Å². The highest BCUT2D eigenvalue weighted by Crippen LogP contribution is 2.41. The second kappa shape index (κ2) is 6.56. The average molecular weight is 267 g/mol. The monoisotopic (exact) mass is 267 g/mol. The molecule has 0 atom stereocenters. The minimum absolute atomic E-state index is 0.0933. The molecule has 3 heteroatoms. The van der Waals surface area contributed by atoms with Crippen molar-refractivity contribution < 1.29 is 9.53 Å². The summed E-state index contributed by atoms with van der Waals surface area (Å²) in [6.07, 6.45) is 5.68. The number of ether oxygens (including phenoxy) is 1. The lowest BCUT2D eigenvalue weighted by Crippen LogP contribution is -2.55. The van der Waals surface area contributed by atoms with Crippen LogP contribution in [0.4, 0.5) is 0 Å². The molecule has 0 aliphatic heterocycles. The molecule has 1 aliphatic carbocycles. The van der Waals surface area contributed by atoms with Crippen LogP contribution in [0, 0.1) is 11.3 Å². The van der Waals surface area contributed by atoms with Crippen molar-refractivity contribution in [2.75, 3.05) is 13.2 Å². The van der Waals surface area contributed by atoms with Gasteiger partial charge in [0.05, 0.1) is 6.61 Å². The lowest BCUT2D eigenvalue weighted by molar-refractivity contribution is -0.153. The molecule has 1 rings (SSSR count).